The highest BCUT2D eigenvalue weighted by Crippen LogP contribution is 2.16. The lowest BCUT2D eigenvalue weighted by molar-refractivity contribution is -0.129. The number of hydrogen-bond acceptors (Lipinski definition) is 4. The van der Waals surface area contributed by atoms with E-state index in [4.69, 9.17) is 9.52 Å². The number of carbonyl (C=O) groups excluding carboxylic acids is 2. The molecule has 7 nitrogen and oxygen atoms in total. The Morgan fingerprint density at radius 2 is 1.81 bits per heavy atom. The number of amides is 2. The lowest BCUT2D eigenvalue weighted by Crippen LogP contribution is -2.37. The maximum Gasteiger partial charge on any atom is 0.339 e. The van der Waals surface area contributed by atoms with Crippen LogP contribution >= 0.6 is 0 Å². The molecule has 0 aliphatic carbocycles. The van der Waals surface area contributed by atoms with E-state index >= 15 is 0 Å². The van der Waals surface area contributed by atoms with E-state index in [9.17, 15) is 14.4 Å². The second-order valence-electron chi connectivity index (χ2n) is 6.22. The third kappa shape index (κ3) is 4.50. The summed E-state index contributed by atoms with van der Waals surface area (Å²) in [6.07, 6.45) is 0. The van der Waals surface area contributed by atoms with E-state index in [1.807, 2.05) is 19.9 Å². The molecule has 2 amide bonds. The SMILES string of the molecule is Cc1ccc(C(=O)NCC(=O)N(C)Cc2cc(C(=O)O)c(C)o2)cc1C. The van der Waals surface area contributed by atoms with Crippen molar-refractivity contribution in [3.05, 3.63) is 58.0 Å². The van der Waals surface area contributed by atoms with Gasteiger partial charge < -0.3 is 19.7 Å². The zero-order valence-corrected chi connectivity index (χ0v) is 15.3. The van der Waals surface area contributed by atoms with Gasteiger partial charge in [-0.25, -0.2) is 4.79 Å². The summed E-state index contributed by atoms with van der Waals surface area (Å²) in [5.74, 6) is -1.05. The van der Waals surface area contributed by atoms with E-state index < -0.39 is 5.97 Å². The van der Waals surface area contributed by atoms with Crippen molar-refractivity contribution in [2.75, 3.05) is 13.6 Å². The Balaban J connectivity index is 1.92. The average molecular weight is 358 g/mol. The standard InChI is InChI=1S/C19H22N2O5/c1-11-5-6-14(7-12(11)2)18(23)20-9-17(22)21(4)10-15-8-16(19(24)25)13(3)26-15/h5-8H,9-10H2,1-4H3,(H,20,23)(H,24,25). The van der Waals surface area contributed by atoms with Crippen LogP contribution < -0.4 is 5.32 Å². The molecule has 2 rings (SSSR count). The molecule has 0 unspecified atom stereocenters. The molecule has 2 N–H and O–H groups in total. The van der Waals surface area contributed by atoms with E-state index in [0.717, 1.165) is 11.1 Å². The predicted octanol–water partition coefficient (Wildman–Crippen LogP) is 2.29. The van der Waals surface area contributed by atoms with Crippen LogP contribution in [0, 0.1) is 20.8 Å². The van der Waals surface area contributed by atoms with Crippen LogP contribution in [0.4, 0.5) is 0 Å². The Hall–Kier alpha value is -3.09. The lowest BCUT2D eigenvalue weighted by Gasteiger charge is -2.16. The molecule has 0 atom stereocenters. The second-order valence-corrected chi connectivity index (χ2v) is 6.22. The Morgan fingerprint density at radius 1 is 1.12 bits per heavy atom. The fraction of sp³-hybridized carbons (Fsp3) is 0.316. The molecule has 2 aromatic rings. The maximum atomic E-state index is 12.2. The van der Waals surface area contributed by atoms with Crippen molar-refractivity contribution >= 4 is 17.8 Å². The van der Waals surface area contributed by atoms with Gasteiger partial charge in [-0.1, -0.05) is 6.07 Å². The number of likely N-dealkylation sites (N-methyl/N-ethyl adjacent to an activating group) is 1. The molecule has 0 radical (unpaired) electrons. The number of aryl methyl sites for hydroxylation is 3. The zero-order valence-electron chi connectivity index (χ0n) is 15.3. The van der Waals surface area contributed by atoms with Gasteiger partial charge in [-0.05, 0) is 50.1 Å². The molecule has 0 aliphatic rings. The summed E-state index contributed by atoms with van der Waals surface area (Å²) in [6, 6.07) is 6.75. The number of furan rings is 1. The van der Waals surface area contributed by atoms with Crippen molar-refractivity contribution < 1.29 is 23.9 Å². The molecule has 0 saturated heterocycles. The first-order valence-electron chi connectivity index (χ1n) is 8.11. The highest BCUT2D eigenvalue weighted by atomic mass is 16.4. The molecule has 0 fully saturated rings. The number of nitrogens with zero attached hydrogens (tertiary/aromatic N) is 1. The minimum absolute atomic E-state index is 0.0730. The first-order chi connectivity index (χ1) is 12.2. The molecule has 138 valence electrons. The van der Waals surface area contributed by atoms with Gasteiger partial charge in [0.05, 0.1) is 13.1 Å². The van der Waals surface area contributed by atoms with Gasteiger partial charge in [0, 0.05) is 12.6 Å². The monoisotopic (exact) mass is 358 g/mol. The minimum atomic E-state index is -1.08. The fourth-order valence-corrected chi connectivity index (χ4v) is 2.43. The Bertz CT molecular complexity index is 854. The van der Waals surface area contributed by atoms with Crippen molar-refractivity contribution in [1.82, 2.24) is 10.2 Å². The fourth-order valence-electron chi connectivity index (χ4n) is 2.43. The van der Waals surface area contributed by atoms with Crippen molar-refractivity contribution in [2.45, 2.75) is 27.3 Å². The van der Waals surface area contributed by atoms with E-state index in [0.29, 0.717) is 11.3 Å². The number of nitrogens with one attached hydrogen (secondary N) is 1. The van der Waals surface area contributed by atoms with E-state index in [-0.39, 0.29) is 36.2 Å². The van der Waals surface area contributed by atoms with Crippen LogP contribution in [0.2, 0.25) is 0 Å². The minimum Gasteiger partial charge on any atom is -0.478 e. The number of hydrogen-bond donors (Lipinski definition) is 2. The summed E-state index contributed by atoms with van der Waals surface area (Å²) in [4.78, 5) is 36.7. The maximum absolute atomic E-state index is 12.2. The lowest BCUT2D eigenvalue weighted by atomic mass is 10.1. The average Bonchev–Trinajstić information content (AvgIpc) is 2.95. The summed E-state index contributed by atoms with van der Waals surface area (Å²) >= 11 is 0. The van der Waals surface area contributed by atoms with Crippen LogP contribution in [-0.2, 0) is 11.3 Å². The van der Waals surface area contributed by atoms with Crippen molar-refractivity contribution in [2.24, 2.45) is 0 Å². The molecule has 0 spiro atoms. The molecule has 1 aromatic heterocycles. The van der Waals surface area contributed by atoms with Crippen LogP contribution in [0.15, 0.2) is 28.7 Å². The van der Waals surface area contributed by atoms with Gasteiger partial charge in [-0.2, -0.15) is 0 Å². The van der Waals surface area contributed by atoms with Gasteiger partial charge >= 0.3 is 5.97 Å². The smallest absolute Gasteiger partial charge is 0.339 e. The van der Waals surface area contributed by atoms with Crippen molar-refractivity contribution in [3.63, 3.8) is 0 Å². The van der Waals surface area contributed by atoms with Crippen LogP contribution in [0.5, 0.6) is 0 Å². The normalized spacial score (nSPS) is 10.5. The Kier molecular flexibility index (Phi) is 5.82. The summed E-state index contributed by atoms with van der Waals surface area (Å²) < 4.78 is 5.35. The molecular formula is C19H22N2O5. The predicted molar refractivity (Wildman–Crippen MR) is 95.1 cm³/mol. The molecule has 1 heterocycles. The second kappa shape index (κ2) is 7.86. The van der Waals surface area contributed by atoms with Gasteiger partial charge in [-0.15, -0.1) is 0 Å². The van der Waals surface area contributed by atoms with Crippen molar-refractivity contribution in [1.29, 1.82) is 0 Å². The molecule has 0 aliphatic heterocycles. The number of carboxylic acid groups (broad SMARTS) is 1. The van der Waals surface area contributed by atoms with Gasteiger partial charge in [0.25, 0.3) is 5.91 Å². The van der Waals surface area contributed by atoms with E-state index in [1.54, 1.807) is 26.1 Å². The van der Waals surface area contributed by atoms with Crippen LogP contribution in [0.25, 0.3) is 0 Å². The number of benzene rings is 1. The number of aromatic carboxylic acids is 1. The number of carboxylic acids is 1. The Labute approximate surface area is 151 Å². The third-order valence-electron chi connectivity index (χ3n) is 4.19. The molecule has 26 heavy (non-hydrogen) atoms. The quantitative estimate of drug-likeness (QED) is 0.825. The van der Waals surface area contributed by atoms with Gasteiger partial charge in [0.15, 0.2) is 0 Å². The highest BCUT2D eigenvalue weighted by molar-refractivity contribution is 5.96. The summed E-state index contributed by atoms with van der Waals surface area (Å²) in [5.41, 5.74) is 2.66. The number of carbonyl (C=O) groups is 3. The largest absolute Gasteiger partial charge is 0.478 e. The first kappa shape index (κ1) is 19.2. The highest BCUT2D eigenvalue weighted by Gasteiger charge is 2.17. The van der Waals surface area contributed by atoms with Gasteiger partial charge in [-0.3, -0.25) is 9.59 Å². The molecule has 0 bridgehead atoms. The molecule has 7 heteroatoms. The van der Waals surface area contributed by atoms with Crippen LogP contribution in [0.1, 0.15) is 43.4 Å². The molecule has 1 aromatic carbocycles. The van der Waals surface area contributed by atoms with Crippen LogP contribution in [-0.4, -0.2) is 41.4 Å². The summed E-state index contributed by atoms with van der Waals surface area (Å²) in [6.45, 7) is 5.39. The molecular weight excluding hydrogens is 336 g/mol. The summed E-state index contributed by atoms with van der Waals surface area (Å²) in [7, 11) is 1.56. The van der Waals surface area contributed by atoms with E-state index in [1.165, 1.54) is 11.0 Å². The Morgan fingerprint density at radius 3 is 2.38 bits per heavy atom. The van der Waals surface area contributed by atoms with Gasteiger partial charge in [0.2, 0.25) is 5.91 Å². The van der Waals surface area contributed by atoms with E-state index in [2.05, 4.69) is 5.32 Å². The van der Waals surface area contributed by atoms with Crippen LogP contribution in [0.3, 0.4) is 0 Å². The summed E-state index contributed by atoms with van der Waals surface area (Å²) in [5, 5.41) is 11.6. The van der Waals surface area contributed by atoms with Crippen molar-refractivity contribution in [3.8, 4) is 0 Å². The number of rotatable bonds is 6. The topological polar surface area (TPSA) is 99.9 Å². The first-order valence-corrected chi connectivity index (χ1v) is 8.11. The third-order valence-corrected chi connectivity index (χ3v) is 4.19. The molecule has 0 saturated carbocycles. The van der Waals surface area contributed by atoms with Gasteiger partial charge in [0.1, 0.15) is 17.1 Å². The zero-order chi connectivity index (χ0) is 19.4.